The maximum absolute atomic E-state index is 14.1. The van der Waals surface area contributed by atoms with Gasteiger partial charge in [0.1, 0.15) is 5.82 Å². The minimum absolute atomic E-state index is 0.208. The van der Waals surface area contributed by atoms with Crippen LogP contribution in [-0.4, -0.2) is 34.6 Å². The Labute approximate surface area is 185 Å². The molecule has 0 aliphatic carbocycles. The Morgan fingerprint density at radius 1 is 1.22 bits per heavy atom. The summed E-state index contributed by atoms with van der Waals surface area (Å²) in [6, 6.07) is 9.44. The Morgan fingerprint density at radius 2 is 2.00 bits per heavy atom. The van der Waals surface area contributed by atoms with Crippen LogP contribution < -0.4 is 0 Å². The molecule has 2 aliphatic rings. The summed E-state index contributed by atoms with van der Waals surface area (Å²) >= 11 is 0. The third-order valence-electron chi connectivity index (χ3n) is 6.55. The van der Waals surface area contributed by atoms with Crippen LogP contribution in [0.4, 0.5) is 4.39 Å². The number of carboxylic acid groups (broad SMARTS) is 1. The molecule has 6 heteroatoms. The van der Waals surface area contributed by atoms with Gasteiger partial charge in [-0.15, -0.1) is 0 Å². The van der Waals surface area contributed by atoms with Crippen molar-refractivity contribution in [1.82, 2.24) is 4.57 Å². The van der Waals surface area contributed by atoms with Crippen molar-refractivity contribution in [1.29, 1.82) is 0 Å². The monoisotopic (exact) mass is 432 g/mol. The highest BCUT2D eigenvalue weighted by atomic mass is 19.1. The Morgan fingerprint density at radius 3 is 2.72 bits per heavy atom. The summed E-state index contributed by atoms with van der Waals surface area (Å²) in [6.07, 6.45) is 4.61. The van der Waals surface area contributed by atoms with E-state index in [-0.39, 0.29) is 11.7 Å². The highest BCUT2D eigenvalue weighted by Crippen LogP contribution is 2.41. The molecule has 0 spiro atoms. The van der Waals surface area contributed by atoms with E-state index in [1.165, 1.54) is 12.1 Å². The molecule has 0 amide bonds. The number of aliphatic carboxylic acids is 1. The Bertz CT molecular complexity index is 1300. The quantitative estimate of drug-likeness (QED) is 0.562. The topological polar surface area (TPSA) is 63.8 Å². The van der Waals surface area contributed by atoms with E-state index in [1.807, 2.05) is 13.0 Å². The van der Waals surface area contributed by atoms with Crippen LogP contribution >= 0.6 is 0 Å². The van der Waals surface area contributed by atoms with Gasteiger partial charge in [0.15, 0.2) is 0 Å². The first-order valence-electron chi connectivity index (χ1n) is 10.9. The normalized spacial score (nSPS) is 16.7. The van der Waals surface area contributed by atoms with Crippen molar-refractivity contribution in [3.05, 3.63) is 70.2 Å². The van der Waals surface area contributed by atoms with Crippen LogP contribution in [0, 0.1) is 12.7 Å². The lowest BCUT2D eigenvalue weighted by Gasteiger charge is -2.25. The number of carbonyl (C=O) groups is 1. The molecule has 5 nitrogen and oxygen atoms in total. The molecule has 1 fully saturated rings. The standard InChI is InChI=1S/C26H25FN2O3/c1-15-11-19(3-5-23(15)27)29-24-13-21-16(2)28-14-18(21)12-22(24)20(4-6-25(30)31)26(29)17-7-9-32-10-8-17/h3-6,11-13,17H,7-10,14H2,1-2H3,(H,30,31)/b6-4+. The molecule has 0 atom stereocenters. The van der Waals surface area contributed by atoms with Crippen LogP contribution in [0.1, 0.15) is 53.6 Å². The highest BCUT2D eigenvalue weighted by molar-refractivity contribution is 6.07. The molecule has 0 bridgehead atoms. The molecule has 32 heavy (non-hydrogen) atoms. The SMILES string of the molecule is CC1=NCc2cc3c(/C=C/C(=O)O)c(C4CCOCC4)n(-c4ccc(F)c(C)c4)c3cc21. The maximum Gasteiger partial charge on any atom is 0.328 e. The number of halogens is 1. The number of carboxylic acids is 1. The molecule has 3 aromatic rings. The number of aliphatic imine (C=N–C) groups is 1. The van der Waals surface area contributed by atoms with Crippen molar-refractivity contribution in [2.75, 3.05) is 13.2 Å². The van der Waals surface area contributed by atoms with Gasteiger partial charge >= 0.3 is 5.97 Å². The number of aromatic nitrogens is 1. The second kappa shape index (κ2) is 8.02. The fourth-order valence-electron chi connectivity index (χ4n) is 4.93. The van der Waals surface area contributed by atoms with E-state index in [4.69, 9.17) is 4.74 Å². The number of hydrogen-bond donors (Lipinski definition) is 1. The van der Waals surface area contributed by atoms with Crippen LogP contribution in [-0.2, 0) is 16.1 Å². The minimum Gasteiger partial charge on any atom is -0.478 e. The van der Waals surface area contributed by atoms with Crippen molar-refractivity contribution < 1.29 is 19.0 Å². The third kappa shape index (κ3) is 3.45. The summed E-state index contributed by atoms with van der Waals surface area (Å²) in [5, 5.41) is 10.3. The van der Waals surface area contributed by atoms with Gasteiger partial charge in [-0.05, 0) is 74.2 Å². The maximum atomic E-state index is 14.1. The van der Waals surface area contributed by atoms with E-state index in [9.17, 15) is 14.3 Å². The number of nitrogens with zero attached hydrogens (tertiary/aromatic N) is 2. The fourth-order valence-corrected chi connectivity index (χ4v) is 4.93. The summed E-state index contributed by atoms with van der Waals surface area (Å²) in [6.45, 7) is 5.74. The molecule has 1 N–H and O–H groups in total. The molecule has 5 rings (SSSR count). The molecular formula is C26H25FN2O3. The summed E-state index contributed by atoms with van der Waals surface area (Å²) in [7, 11) is 0. The Balaban J connectivity index is 1.87. The van der Waals surface area contributed by atoms with Crippen molar-refractivity contribution in [2.24, 2.45) is 4.99 Å². The van der Waals surface area contributed by atoms with Crippen LogP contribution in [0.25, 0.3) is 22.7 Å². The van der Waals surface area contributed by atoms with Gasteiger partial charge in [0.05, 0.1) is 12.1 Å². The Kier molecular flexibility index (Phi) is 5.18. The average Bonchev–Trinajstić information content (AvgIpc) is 3.30. The van der Waals surface area contributed by atoms with Crippen molar-refractivity contribution in [3.63, 3.8) is 0 Å². The number of ether oxygens (including phenoxy) is 1. The van der Waals surface area contributed by atoms with Gasteiger partial charge in [-0.2, -0.15) is 0 Å². The molecule has 0 unspecified atom stereocenters. The largest absolute Gasteiger partial charge is 0.478 e. The molecule has 0 radical (unpaired) electrons. The van der Waals surface area contributed by atoms with E-state index >= 15 is 0 Å². The van der Waals surface area contributed by atoms with Gasteiger partial charge in [-0.1, -0.05) is 0 Å². The number of hydrogen-bond acceptors (Lipinski definition) is 3. The van der Waals surface area contributed by atoms with Gasteiger partial charge in [-0.25, -0.2) is 9.18 Å². The zero-order valence-electron chi connectivity index (χ0n) is 18.2. The van der Waals surface area contributed by atoms with Gasteiger partial charge in [0, 0.05) is 58.8 Å². The first-order valence-corrected chi connectivity index (χ1v) is 10.9. The van der Waals surface area contributed by atoms with Crippen molar-refractivity contribution in [2.45, 2.75) is 39.2 Å². The average molecular weight is 432 g/mol. The second-order valence-electron chi connectivity index (χ2n) is 8.55. The lowest BCUT2D eigenvalue weighted by Crippen LogP contribution is -2.17. The van der Waals surface area contributed by atoms with Crippen LogP contribution in [0.3, 0.4) is 0 Å². The van der Waals surface area contributed by atoms with E-state index in [1.54, 1.807) is 19.1 Å². The van der Waals surface area contributed by atoms with Gasteiger partial charge < -0.3 is 14.4 Å². The smallest absolute Gasteiger partial charge is 0.328 e. The van der Waals surface area contributed by atoms with Crippen molar-refractivity contribution in [3.8, 4) is 5.69 Å². The first kappa shape index (κ1) is 20.6. The fraction of sp³-hybridized carbons (Fsp3) is 0.308. The second-order valence-corrected chi connectivity index (χ2v) is 8.55. The molecule has 2 aliphatic heterocycles. The van der Waals surface area contributed by atoms with Crippen LogP contribution in [0.2, 0.25) is 0 Å². The van der Waals surface area contributed by atoms with Crippen molar-refractivity contribution >= 4 is 28.7 Å². The number of aryl methyl sites for hydroxylation is 1. The predicted octanol–water partition coefficient (Wildman–Crippen LogP) is 5.39. The summed E-state index contributed by atoms with van der Waals surface area (Å²) in [4.78, 5) is 16.0. The van der Waals surface area contributed by atoms with Gasteiger partial charge in [-0.3, -0.25) is 4.99 Å². The number of fused-ring (bicyclic) bond motifs is 2. The number of benzene rings is 2. The van der Waals surface area contributed by atoms with E-state index < -0.39 is 5.97 Å². The highest BCUT2D eigenvalue weighted by Gasteiger charge is 2.28. The summed E-state index contributed by atoms with van der Waals surface area (Å²) in [5.41, 5.74) is 7.65. The molecule has 0 saturated carbocycles. The van der Waals surface area contributed by atoms with Gasteiger partial charge in [0.2, 0.25) is 0 Å². The van der Waals surface area contributed by atoms with Gasteiger partial charge in [0.25, 0.3) is 0 Å². The van der Waals surface area contributed by atoms with E-state index in [2.05, 4.69) is 21.7 Å². The van der Waals surface area contributed by atoms with E-state index in [0.717, 1.165) is 57.5 Å². The number of rotatable bonds is 4. The summed E-state index contributed by atoms with van der Waals surface area (Å²) < 4.78 is 21.9. The molecule has 1 aromatic heterocycles. The molecule has 3 heterocycles. The van der Waals surface area contributed by atoms with Crippen LogP contribution in [0.15, 0.2) is 41.4 Å². The lowest BCUT2D eigenvalue weighted by atomic mass is 9.92. The predicted molar refractivity (Wildman–Crippen MR) is 123 cm³/mol. The lowest BCUT2D eigenvalue weighted by molar-refractivity contribution is -0.131. The molecule has 2 aromatic carbocycles. The zero-order chi connectivity index (χ0) is 22.4. The third-order valence-corrected chi connectivity index (χ3v) is 6.55. The first-order chi connectivity index (χ1) is 15.4. The molecular weight excluding hydrogens is 407 g/mol. The van der Waals surface area contributed by atoms with Crippen LogP contribution in [0.5, 0.6) is 0 Å². The Hall–Kier alpha value is -3.25. The molecule has 1 saturated heterocycles. The summed E-state index contributed by atoms with van der Waals surface area (Å²) in [5.74, 6) is -1.02. The zero-order valence-corrected chi connectivity index (χ0v) is 18.2. The minimum atomic E-state index is -0.984. The van der Waals surface area contributed by atoms with E-state index in [0.29, 0.717) is 25.3 Å². The molecule has 164 valence electrons.